The van der Waals surface area contributed by atoms with Crippen molar-refractivity contribution in [3.8, 4) is 22.6 Å². The summed E-state index contributed by atoms with van der Waals surface area (Å²) in [4.78, 5) is 13.2. The van der Waals surface area contributed by atoms with Crippen molar-refractivity contribution in [2.45, 2.75) is 49.3 Å². The van der Waals surface area contributed by atoms with Gasteiger partial charge in [-0.2, -0.15) is 4.31 Å². The molecule has 2 heterocycles. The monoisotopic (exact) mass is 622 g/mol. The quantitative estimate of drug-likeness (QED) is 0.339. The number of alkyl halides is 2. The minimum absolute atomic E-state index is 0.0545. The van der Waals surface area contributed by atoms with Crippen LogP contribution in [0.25, 0.3) is 11.1 Å². The molecule has 42 heavy (non-hydrogen) atoms. The van der Waals surface area contributed by atoms with Gasteiger partial charge in [-0.1, -0.05) is 36.9 Å². The maximum atomic E-state index is 14.2. The molecule has 3 aromatic carbocycles. The zero-order valence-corrected chi connectivity index (χ0v) is 23.9. The Bertz CT molecular complexity index is 1700. The molecule has 1 fully saturated rings. The van der Waals surface area contributed by atoms with Gasteiger partial charge in [-0.25, -0.2) is 17.6 Å². The second-order valence-corrected chi connectivity index (χ2v) is 13.1. The average molecular weight is 623 g/mol. The summed E-state index contributed by atoms with van der Waals surface area (Å²) in [5.41, 5.74) is 0.414. The molecule has 8 nitrogen and oxygen atoms in total. The lowest BCUT2D eigenvalue weighted by atomic mass is 9.83. The molecule has 1 saturated carbocycles. The number of anilines is 2. The first-order chi connectivity index (χ1) is 19.9. The van der Waals surface area contributed by atoms with E-state index in [1.165, 1.54) is 41.7 Å². The van der Waals surface area contributed by atoms with Crippen molar-refractivity contribution in [3.05, 3.63) is 64.9 Å². The summed E-state index contributed by atoms with van der Waals surface area (Å²) in [6, 6.07) is 9.99. The molecular weight excluding hydrogens is 597 g/mol. The van der Waals surface area contributed by atoms with Crippen molar-refractivity contribution in [1.82, 2.24) is 4.31 Å². The number of ether oxygens (including phenoxy) is 2. The molecule has 222 valence electrons. The summed E-state index contributed by atoms with van der Waals surface area (Å²) in [5, 5.41) is 9.50. The SMILES string of the molecule is CN1[C@H](C2CCCCC2)CN(c2ccc3c(c2)OC(F)(F)O3)c2cc(Cl)c(-c3ccc(F)c(C(=O)O)c3)cc2S1(=O)=O. The van der Waals surface area contributed by atoms with Crippen LogP contribution in [0.3, 0.4) is 0 Å². The van der Waals surface area contributed by atoms with Crippen molar-refractivity contribution in [1.29, 1.82) is 0 Å². The second-order valence-electron chi connectivity index (χ2n) is 10.7. The Morgan fingerprint density at radius 1 is 1.02 bits per heavy atom. The number of hydrogen-bond donors (Lipinski definition) is 1. The minimum atomic E-state index is -4.14. The summed E-state index contributed by atoms with van der Waals surface area (Å²) in [6.07, 6.45) is 0.841. The van der Waals surface area contributed by atoms with E-state index in [1.54, 1.807) is 11.0 Å². The molecule has 13 heteroatoms. The molecular formula is C29H26ClF3N2O6S. The van der Waals surface area contributed by atoms with Crippen molar-refractivity contribution in [3.63, 3.8) is 0 Å². The fourth-order valence-electron chi connectivity index (χ4n) is 6.09. The summed E-state index contributed by atoms with van der Waals surface area (Å²) in [7, 11) is -2.62. The Morgan fingerprint density at radius 3 is 2.45 bits per heavy atom. The number of sulfonamides is 1. The normalized spacial score (nSPS) is 21.5. The van der Waals surface area contributed by atoms with Gasteiger partial charge in [0.15, 0.2) is 11.5 Å². The van der Waals surface area contributed by atoms with Gasteiger partial charge >= 0.3 is 12.3 Å². The van der Waals surface area contributed by atoms with Gasteiger partial charge < -0.3 is 19.5 Å². The number of rotatable bonds is 4. The molecule has 0 unspecified atom stereocenters. The molecule has 3 aliphatic rings. The van der Waals surface area contributed by atoms with E-state index in [0.717, 1.165) is 44.2 Å². The zero-order valence-electron chi connectivity index (χ0n) is 22.3. The molecule has 0 spiro atoms. The number of nitrogens with zero attached hydrogens (tertiary/aromatic N) is 2. The van der Waals surface area contributed by atoms with Gasteiger partial charge in [-0.15, -0.1) is 8.78 Å². The van der Waals surface area contributed by atoms with Crippen LogP contribution in [0, 0.1) is 11.7 Å². The smallest absolute Gasteiger partial charge is 0.478 e. The molecule has 0 aromatic heterocycles. The number of carboxylic acids is 1. The van der Waals surface area contributed by atoms with Crippen molar-refractivity contribution in [2.24, 2.45) is 5.92 Å². The van der Waals surface area contributed by atoms with Gasteiger partial charge in [-0.05, 0) is 60.7 Å². The number of carbonyl (C=O) groups is 1. The van der Waals surface area contributed by atoms with E-state index in [4.69, 9.17) is 11.6 Å². The molecule has 1 N–H and O–H groups in total. The van der Waals surface area contributed by atoms with Crippen LogP contribution < -0.4 is 14.4 Å². The lowest BCUT2D eigenvalue weighted by Gasteiger charge is -2.36. The van der Waals surface area contributed by atoms with Crippen LogP contribution in [0.1, 0.15) is 42.5 Å². The second kappa shape index (κ2) is 10.4. The van der Waals surface area contributed by atoms with Gasteiger partial charge in [0.25, 0.3) is 0 Å². The van der Waals surface area contributed by atoms with E-state index in [1.807, 2.05) is 0 Å². The summed E-state index contributed by atoms with van der Waals surface area (Å²) >= 11 is 6.70. The molecule has 3 aromatic rings. The van der Waals surface area contributed by atoms with Crippen molar-refractivity contribution < 1.29 is 41.0 Å². The summed E-state index contributed by atoms with van der Waals surface area (Å²) in [5.74, 6) is -2.71. The van der Waals surface area contributed by atoms with Crippen LogP contribution in [0.5, 0.6) is 11.5 Å². The Balaban J connectivity index is 1.54. The standard InChI is InChI=1S/C29H26ClF3N2O6S/c1-34-24(16-5-3-2-4-6-16)15-35(18-8-10-25-26(12-18)41-29(32,33)40-25)23-14-21(30)19(13-27(23)42(34,38)39)17-7-9-22(31)20(11-17)28(36)37/h7-14,16,24H,2-6,15H2,1H3,(H,36,37)/t24-/m0/s1. The van der Waals surface area contributed by atoms with E-state index in [-0.39, 0.29) is 50.7 Å². The van der Waals surface area contributed by atoms with Crippen LogP contribution in [0.4, 0.5) is 24.5 Å². The maximum absolute atomic E-state index is 14.2. The topological polar surface area (TPSA) is 96.4 Å². The van der Waals surface area contributed by atoms with E-state index in [9.17, 15) is 31.5 Å². The van der Waals surface area contributed by atoms with Gasteiger partial charge in [0.1, 0.15) is 10.7 Å². The number of likely N-dealkylation sites (N-methyl/N-ethyl adjacent to an activating group) is 1. The summed E-state index contributed by atoms with van der Waals surface area (Å²) < 4.78 is 80.8. The lowest BCUT2D eigenvalue weighted by molar-refractivity contribution is -0.286. The molecule has 0 amide bonds. The molecule has 2 aliphatic heterocycles. The van der Waals surface area contributed by atoms with Crippen LogP contribution in [0.15, 0.2) is 53.4 Å². The third-order valence-electron chi connectivity index (χ3n) is 8.23. The Morgan fingerprint density at radius 2 is 1.74 bits per heavy atom. The third-order valence-corrected chi connectivity index (χ3v) is 10.5. The Kier molecular flexibility index (Phi) is 7.06. The van der Waals surface area contributed by atoms with Crippen LogP contribution in [-0.2, 0) is 10.0 Å². The highest BCUT2D eigenvalue weighted by Gasteiger charge is 2.45. The van der Waals surface area contributed by atoms with Gasteiger partial charge in [0.05, 0.1) is 16.3 Å². The lowest BCUT2D eigenvalue weighted by Crippen LogP contribution is -2.46. The largest absolute Gasteiger partial charge is 0.586 e. The molecule has 0 saturated heterocycles. The summed E-state index contributed by atoms with van der Waals surface area (Å²) in [6.45, 7) is 0.207. The highest BCUT2D eigenvalue weighted by molar-refractivity contribution is 7.89. The van der Waals surface area contributed by atoms with Gasteiger partial charge in [-0.3, -0.25) is 0 Å². The maximum Gasteiger partial charge on any atom is 0.586 e. The van der Waals surface area contributed by atoms with E-state index >= 15 is 0 Å². The van der Waals surface area contributed by atoms with Crippen LogP contribution in [0.2, 0.25) is 5.02 Å². The van der Waals surface area contributed by atoms with Crippen molar-refractivity contribution in [2.75, 3.05) is 18.5 Å². The minimum Gasteiger partial charge on any atom is -0.478 e. The van der Waals surface area contributed by atoms with E-state index in [2.05, 4.69) is 9.47 Å². The first kappa shape index (κ1) is 28.6. The highest BCUT2D eigenvalue weighted by atomic mass is 35.5. The molecule has 6 rings (SSSR count). The van der Waals surface area contributed by atoms with E-state index < -0.39 is 39.7 Å². The first-order valence-electron chi connectivity index (χ1n) is 13.4. The fourth-order valence-corrected chi connectivity index (χ4v) is 7.96. The Hall–Kier alpha value is -3.48. The fraction of sp³-hybridized carbons (Fsp3) is 0.345. The molecule has 0 radical (unpaired) electrons. The molecule has 0 bridgehead atoms. The van der Waals surface area contributed by atoms with Crippen molar-refractivity contribution >= 4 is 39.0 Å². The molecule has 1 aliphatic carbocycles. The average Bonchev–Trinajstić information content (AvgIpc) is 3.23. The van der Waals surface area contributed by atoms with Crippen LogP contribution >= 0.6 is 11.6 Å². The number of fused-ring (bicyclic) bond motifs is 2. The third kappa shape index (κ3) is 4.95. The zero-order chi connectivity index (χ0) is 30.0. The number of benzene rings is 3. The highest BCUT2D eigenvalue weighted by Crippen LogP contribution is 2.48. The van der Waals surface area contributed by atoms with Gasteiger partial charge in [0, 0.05) is 37.0 Å². The van der Waals surface area contributed by atoms with Crippen LogP contribution in [-0.4, -0.2) is 49.7 Å². The number of halogens is 4. The predicted molar refractivity (Wildman–Crippen MR) is 149 cm³/mol. The van der Waals surface area contributed by atoms with Gasteiger partial charge in [0.2, 0.25) is 10.0 Å². The van der Waals surface area contributed by atoms with E-state index in [0.29, 0.717) is 5.69 Å². The number of hydrogen-bond acceptors (Lipinski definition) is 6. The molecule has 1 atom stereocenters. The predicted octanol–water partition coefficient (Wildman–Crippen LogP) is 6.89. The number of carboxylic acid groups (broad SMARTS) is 1. The first-order valence-corrected chi connectivity index (χ1v) is 15.2. The Labute approximate surface area is 245 Å². The number of aromatic carboxylic acids is 1.